The molecule has 0 atom stereocenters. The molecule has 0 saturated carbocycles. The van der Waals surface area contributed by atoms with E-state index in [4.69, 9.17) is 34.8 Å². The van der Waals surface area contributed by atoms with Gasteiger partial charge < -0.3 is 10.6 Å². The summed E-state index contributed by atoms with van der Waals surface area (Å²) in [5, 5.41) is 15.8. The molecule has 0 spiro atoms. The third-order valence-corrected chi connectivity index (χ3v) is 3.94. The Kier molecular flexibility index (Phi) is 5.35. The smallest absolute Gasteiger partial charge is 0.249 e. The zero-order chi connectivity index (χ0) is 16.9. The van der Waals surface area contributed by atoms with Crippen LogP contribution in [0.25, 0.3) is 0 Å². The molecule has 8 heteroatoms. The third-order valence-electron chi connectivity index (χ3n) is 3.12. The zero-order valence-electron chi connectivity index (χ0n) is 12.3. The average molecular weight is 381 g/mol. The second kappa shape index (κ2) is 7.66. The number of nitrogens with zero attached hydrogens (tertiary/aromatic N) is 3. The van der Waals surface area contributed by atoms with Crippen molar-refractivity contribution in [3.8, 4) is 0 Å². The van der Waals surface area contributed by atoms with Gasteiger partial charge in [0.15, 0.2) is 5.82 Å². The van der Waals surface area contributed by atoms with Gasteiger partial charge in [-0.3, -0.25) is 0 Å². The van der Waals surface area contributed by atoms with Crippen LogP contribution < -0.4 is 10.6 Å². The molecule has 1 heterocycles. The molecule has 2 N–H and O–H groups in total. The van der Waals surface area contributed by atoms with Gasteiger partial charge in [0.05, 0.1) is 16.9 Å². The van der Waals surface area contributed by atoms with Crippen molar-refractivity contribution in [1.29, 1.82) is 0 Å². The van der Waals surface area contributed by atoms with Crippen LogP contribution in [0.1, 0.15) is 5.56 Å². The van der Waals surface area contributed by atoms with E-state index in [9.17, 15) is 0 Å². The molecule has 0 radical (unpaired) electrons. The van der Waals surface area contributed by atoms with E-state index in [-0.39, 0.29) is 0 Å². The molecule has 0 saturated heterocycles. The van der Waals surface area contributed by atoms with Crippen LogP contribution in [0.5, 0.6) is 0 Å². The van der Waals surface area contributed by atoms with Gasteiger partial charge in [0.1, 0.15) is 0 Å². The Morgan fingerprint density at radius 1 is 0.917 bits per heavy atom. The first-order valence-electron chi connectivity index (χ1n) is 7.00. The van der Waals surface area contributed by atoms with Crippen molar-refractivity contribution in [2.45, 2.75) is 6.54 Å². The molecule has 0 unspecified atom stereocenters. The number of halogens is 3. The number of anilines is 3. The summed E-state index contributed by atoms with van der Waals surface area (Å²) < 4.78 is 0. The van der Waals surface area contributed by atoms with Gasteiger partial charge in [-0.15, -0.1) is 5.10 Å². The van der Waals surface area contributed by atoms with Gasteiger partial charge in [-0.05, 0) is 35.9 Å². The number of nitrogens with one attached hydrogen (secondary N) is 2. The highest BCUT2D eigenvalue weighted by molar-refractivity contribution is 6.35. The van der Waals surface area contributed by atoms with Gasteiger partial charge in [-0.2, -0.15) is 10.1 Å². The molecule has 0 aliphatic carbocycles. The fourth-order valence-corrected chi connectivity index (χ4v) is 2.41. The molecule has 0 amide bonds. The molecule has 3 rings (SSSR count). The van der Waals surface area contributed by atoms with E-state index in [1.807, 2.05) is 24.3 Å². The predicted octanol–water partition coefficient (Wildman–Crippen LogP) is 5.19. The molecule has 0 aliphatic heterocycles. The number of hydrogen-bond donors (Lipinski definition) is 2. The van der Waals surface area contributed by atoms with Crippen molar-refractivity contribution in [3.05, 3.63) is 69.3 Å². The summed E-state index contributed by atoms with van der Waals surface area (Å²) in [4.78, 5) is 4.35. The predicted molar refractivity (Wildman–Crippen MR) is 98.4 cm³/mol. The van der Waals surface area contributed by atoms with Gasteiger partial charge in [0.2, 0.25) is 5.95 Å². The van der Waals surface area contributed by atoms with E-state index in [1.54, 1.807) is 24.4 Å². The summed E-state index contributed by atoms with van der Waals surface area (Å²) in [5.74, 6) is 0.904. The minimum atomic E-state index is 0.320. The van der Waals surface area contributed by atoms with Crippen molar-refractivity contribution in [3.63, 3.8) is 0 Å². The quantitative estimate of drug-likeness (QED) is 0.638. The average Bonchev–Trinajstić information content (AvgIpc) is 2.58. The third kappa shape index (κ3) is 4.47. The first kappa shape index (κ1) is 16.8. The Morgan fingerprint density at radius 2 is 1.67 bits per heavy atom. The van der Waals surface area contributed by atoms with Crippen molar-refractivity contribution >= 4 is 52.3 Å². The summed E-state index contributed by atoms with van der Waals surface area (Å²) in [6.45, 7) is 0.590. The lowest BCUT2D eigenvalue weighted by Crippen LogP contribution is -2.05. The van der Waals surface area contributed by atoms with Crippen LogP contribution in [0, 0.1) is 0 Å². The highest BCUT2D eigenvalue weighted by Crippen LogP contribution is 2.27. The Hall–Kier alpha value is -2.08. The fraction of sp³-hybridized carbons (Fsp3) is 0.0625. The molecular formula is C16H12Cl3N5. The first-order valence-corrected chi connectivity index (χ1v) is 8.14. The maximum absolute atomic E-state index is 6.12. The number of rotatable bonds is 5. The van der Waals surface area contributed by atoms with E-state index < -0.39 is 0 Å². The lowest BCUT2D eigenvalue weighted by Gasteiger charge is -2.09. The monoisotopic (exact) mass is 379 g/mol. The van der Waals surface area contributed by atoms with Crippen molar-refractivity contribution in [2.24, 2.45) is 0 Å². The number of benzene rings is 2. The van der Waals surface area contributed by atoms with Gasteiger partial charge in [-0.1, -0.05) is 46.9 Å². The largest absolute Gasteiger partial charge is 0.365 e. The molecule has 5 nitrogen and oxygen atoms in total. The van der Waals surface area contributed by atoms with E-state index in [2.05, 4.69) is 25.8 Å². The van der Waals surface area contributed by atoms with E-state index in [0.717, 1.165) is 5.56 Å². The maximum atomic E-state index is 6.12. The van der Waals surface area contributed by atoms with Crippen molar-refractivity contribution < 1.29 is 0 Å². The van der Waals surface area contributed by atoms with Gasteiger partial charge in [-0.25, -0.2) is 0 Å². The molecule has 24 heavy (non-hydrogen) atoms. The summed E-state index contributed by atoms with van der Waals surface area (Å²) in [6, 6.07) is 12.7. The topological polar surface area (TPSA) is 62.7 Å². The second-order valence-corrected chi connectivity index (χ2v) is 6.17. The number of hydrogen-bond acceptors (Lipinski definition) is 5. The molecule has 0 aliphatic rings. The SMILES string of the molecule is Clc1ccc(CNc2cnnc(Nc3cc(Cl)ccc3Cl)n2)cc1. The molecule has 3 aromatic rings. The Balaban J connectivity index is 1.69. The normalized spacial score (nSPS) is 10.5. The molecular weight excluding hydrogens is 369 g/mol. The van der Waals surface area contributed by atoms with E-state index >= 15 is 0 Å². The zero-order valence-corrected chi connectivity index (χ0v) is 14.6. The van der Waals surface area contributed by atoms with Crippen LogP contribution in [0.15, 0.2) is 48.7 Å². The fourth-order valence-electron chi connectivity index (χ4n) is 1.95. The minimum Gasteiger partial charge on any atom is -0.365 e. The van der Waals surface area contributed by atoms with Crippen LogP contribution in [0.2, 0.25) is 15.1 Å². The standard InChI is InChI=1S/C16H12Cl3N5/c17-11-3-1-10(2-4-11)8-20-15-9-21-24-16(23-15)22-14-7-12(18)5-6-13(14)19/h1-7,9H,8H2,(H2,20,22,23,24). The van der Waals surface area contributed by atoms with Crippen molar-refractivity contribution in [2.75, 3.05) is 10.6 Å². The molecule has 122 valence electrons. The van der Waals surface area contributed by atoms with E-state index in [0.29, 0.717) is 39.1 Å². The Labute approximate surface area is 154 Å². The summed E-state index contributed by atoms with van der Waals surface area (Å²) >= 11 is 18.0. The lowest BCUT2D eigenvalue weighted by molar-refractivity contribution is 0.966. The van der Waals surface area contributed by atoms with Crippen LogP contribution in [0.4, 0.5) is 17.5 Å². The highest BCUT2D eigenvalue weighted by atomic mass is 35.5. The summed E-state index contributed by atoms with van der Waals surface area (Å²) in [5.41, 5.74) is 1.69. The summed E-state index contributed by atoms with van der Waals surface area (Å²) in [7, 11) is 0. The second-order valence-electron chi connectivity index (χ2n) is 4.89. The molecule has 1 aromatic heterocycles. The molecule has 0 bridgehead atoms. The summed E-state index contributed by atoms with van der Waals surface area (Å²) in [6.07, 6.45) is 1.54. The highest BCUT2D eigenvalue weighted by Gasteiger charge is 2.05. The van der Waals surface area contributed by atoms with Crippen LogP contribution in [-0.2, 0) is 6.54 Å². The number of aromatic nitrogens is 3. The molecule has 0 fully saturated rings. The Bertz CT molecular complexity index is 839. The van der Waals surface area contributed by atoms with Crippen molar-refractivity contribution in [1.82, 2.24) is 15.2 Å². The van der Waals surface area contributed by atoms with Crippen LogP contribution in [0.3, 0.4) is 0 Å². The lowest BCUT2D eigenvalue weighted by atomic mass is 10.2. The first-order chi connectivity index (χ1) is 11.6. The Morgan fingerprint density at radius 3 is 2.46 bits per heavy atom. The van der Waals surface area contributed by atoms with E-state index in [1.165, 1.54) is 0 Å². The molecule has 2 aromatic carbocycles. The van der Waals surface area contributed by atoms with Gasteiger partial charge >= 0.3 is 0 Å². The van der Waals surface area contributed by atoms with Crippen LogP contribution >= 0.6 is 34.8 Å². The van der Waals surface area contributed by atoms with Gasteiger partial charge in [0.25, 0.3) is 0 Å². The van der Waals surface area contributed by atoms with Crippen LogP contribution in [-0.4, -0.2) is 15.2 Å². The minimum absolute atomic E-state index is 0.320. The van der Waals surface area contributed by atoms with Gasteiger partial charge in [0, 0.05) is 16.6 Å². The maximum Gasteiger partial charge on any atom is 0.249 e.